The SMILES string of the molecule is CCC(C)C(NC(=O)C(CS)NC(=O)C(Cc1ccc(O)cc1)NC(=O)C(N)Cc1ccccc1)C(=O)O. The fourth-order valence-corrected chi connectivity index (χ4v) is 3.98. The Morgan fingerprint density at radius 3 is 1.95 bits per heavy atom. The van der Waals surface area contributed by atoms with E-state index in [-0.39, 0.29) is 30.3 Å². The quantitative estimate of drug-likeness (QED) is 0.174. The molecule has 7 N–H and O–H groups in total. The summed E-state index contributed by atoms with van der Waals surface area (Å²) in [6.45, 7) is 3.51. The molecule has 0 fully saturated rings. The maximum absolute atomic E-state index is 13.3. The maximum atomic E-state index is 13.3. The molecule has 2 aromatic rings. The fourth-order valence-electron chi connectivity index (χ4n) is 3.72. The Morgan fingerprint density at radius 1 is 0.842 bits per heavy atom. The number of aliphatic carboxylic acids is 1. The van der Waals surface area contributed by atoms with Crippen molar-refractivity contribution in [3.8, 4) is 5.75 Å². The molecule has 3 amide bonds. The monoisotopic (exact) mass is 544 g/mol. The smallest absolute Gasteiger partial charge is 0.326 e. The second-order valence-corrected chi connectivity index (χ2v) is 9.55. The predicted molar refractivity (Wildman–Crippen MR) is 147 cm³/mol. The zero-order chi connectivity index (χ0) is 28.2. The number of nitrogens with one attached hydrogen (secondary N) is 3. The van der Waals surface area contributed by atoms with Crippen molar-refractivity contribution < 1.29 is 29.4 Å². The van der Waals surface area contributed by atoms with Gasteiger partial charge in [0.15, 0.2) is 0 Å². The standard InChI is InChI=1S/C27H36N4O6S/c1-3-16(2)23(27(36)37)31-26(35)22(15-38)30-25(34)21(14-18-9-11-19(32)12-10-18)29-24(33)20(28)13-17-7-5-4-6-8-17/h4-12,16,20-23,32,38H,3,13-15,28H2,1-2H3,(H,29,33)(H,30,34)(H,31,35)(H,36,37). The molecule has 0 radical (unpaired) electrons. The first-order valence-corrected chi connectivity index (χ1v) is 13.0. The number of carboxylic acids is 1. The average Bonchev–Trinajstić information content (AvgIpc) is 2.90. The van der Waals surface area contributed by atoms with E-state index < -0.39 is 47.9 Å². The van der Waals surface area contributed by atoms with Crippen LogP contribution in [0.25, 0.3) is 0 Å². The number of thiol groups is 1. The first-order valence-electron chi connectivity index (χ1n) is 12.4. The van der Waals surface area contributed by atoms with Crippen molar-refractivity contribution in [3.05, 3.63) is 65.7 Å². The molecule has 10 nitrogen and oxygen atoms in total. The largest absolute Gasteiger partial charge is 0.508 e. The summed E-state index contributed by atoms with van der Waals surface area (Å²) in [4.78, 5) is 50.6. The van der Waals surface area contributed by atoms with E-state index in [1.165, 1.54) is 12.1 Å². The summed E-state index contributed by atoms with van der Waals surface area (Å²) < 4.78 is 0. The summed E-state index contributed by atoms with van der Waals surface area (Å²) in [6.07, 6.45) is 0.842. The second-order valence-electron chi connectivity index (χ2n) is 9.18. The summed E-state index contributed by atoms with van der Waals surface area (Å²) in [5, 5.41) is 26.8. The molecule has 2 aromatic carbocycles. The van der Waals surface area contributed by atoms with Gasteiger partial charge in [0.1, 0.15) is 23.9 Å². The molecule has 206 valence electrons. The topological polar surface area (TPSA) is 171 Å². The average molecular weight is 545 g/mol. The zero-order valence-corrected chi connectivity index (χ0v) is 22.4. The molecule has 0 aliphatic carbocycles. The minimum Gasteiger partial charge on any atom is -0.508 e. The van der Waals surface area contributed by atoms with Gasteiger partial charge in [0.2, 0.25) is 17.7 Å². The highest BCUT2D eigenvalue weighted by atomic mass is 32.1. The van der Waals surface area contributed by atoms with Crippen LogP contribution in [0.3, 0.4) is 0 Å². The Kier molecular flexibility index (Phi) is 12.1. The summed E-state index contributed by atoms with van der Waals surface area (Å²) in [5.41, 5.74) is 7.61. The lowest BCUT2D eigenvalue weighted by molar-refractivity contribution is -0.143. The number of nitrogens with two attached hydrogens (primary N) is 1. The number of aromatic hydroxyl groups is 1. The van der Waals surface area contributed by atoms with Gasteiger partial charge in [-0.05, 0) is 35.6 Å². The van der Waals surface area contributed by atoms with Gasteiger partial charge in [0.05, 0.1) is 6.04 Å². The van der Waals surface area contributed by atoms with Crippen LogP contribution in [-0.2, 0) is 32.0 Å². The van der Waals surface area contributed by atoms with Gasteiger partial charge in [-0.1, -0.05) is 62.7 Å². The van der Waals surface area contributed by atoms with Gasteiger partial charge in [-0.25, -0.2) is 4.79 Å². The molecular formula is C27H36N4O6S. The van der Waals surface area contributed by atoms with Crippen molar-refractivity contribution in [2.75, 3.05) is 5.75 Å². The number of hydrogen-bond donors (Lipinski definition) is 7. The van der Waals surface area contributed by atoms with E-state index in [2.05, 4.69) is 28.6 Å². The minimum atomic E-state index is -1.18. The molecule has 5 atom stereocenters. The highest BCUT2D eigenvalue weighted by Crippen LogP contribution is 2.13. The third kappa shape index (κ3) is 9.38. The Morgan fingerprint density at radius 2 is 1.39 bits per heavy atom. The van der Waals surface area contributed by atoms with E-state index in [9.17, 15) is 29.4 Å². The number of phenols is 1. The summed E-state index contributed by atoms with van der Waals surface area (Å²) >= 11 is 4.16. The lowest BCUT2D eigenvalue weighted by Crippen LogP contribution is -2.58. The zero-order valence-electron chi connectivity index (χ0n) is 21.5. The molecular weight excluding hydrogens is 508 g/mol. The van der Waals surface area contributed by atoms with Gasteiger partial charge < -0.3 is 31.9 Å². The third-order valence-electron chi connectivity index (χ3n) is 6.24. The number of carbonyl (C=O) groups is 4. The number of rotatable bonds is 14. The molecule has 0 aliphatic rings. The number of benzene rings is 2. The van der Waals surface area contributed by atoms with Crippen molar-refractivity contribution in [1.82, 2.24) is 16.0 Å². The van der Waals surface area contributed by atoms with E-state index in [0.29, 0.717) is 12.0 Å². The Hall–Kier alpha value is -3.57. The summed E-state index contributed by atoms with van der Waals surface area (Å²) in [5.74, 6) is -3.48. The summed E-state index contributed by atoms with van der Waals surface area (Å²) in [6, 6.07) is 11.0. The van der Waals surface area contributed by atoms with Crippen LogP contribution < -0.4 is 21.7 Å². The van der Waals surface area contributed by atoms with Crippen LogP contribution in [0, 0.1) is 5.92 Å². The van der Waals surface area contributed by atoms with Gasteiger partial charge >= 0.3 is 5.97 Å². The molecule has 11 heteroatoms. The van der Waals surface area contributed by atoms with Crippen molar-refractivity contribution in [2.24, 2.45) is 11.7 Å². The highest BCUT2D eigenvalue weighted by Gasteiger charge is 2.31. The van der Waals surface area contributed by atoms with Crippen LogP contribution in [-0.4, -0.2) is 63.8 Å². The van der Waals surface area contributed by atoms with Crippen molar-refractivity contribution in [1.29, 1.82) is 0 Å². The predicted octanol–water partition coefficient (Wildman–Crippen LogP) is 1.02. The number of phenolic OH excluding ortho intramolecular Hbond substituents is 1. The minimum absolute atomic E-state index is 0.0461. The van der Waals surface area contributed by atoms with E-state index >= 15 is 0 Å². The van der Waals surface area contributed by atoms with E-state index in [1.54, 1.807) is 19.1 Å². The van der Waals surface area contributed by atoms with Crippen LogP contribution in [0.5, 0.6) is 5.75 Å². The lowest BCUT2D eigenvalue weighted by Gasteiger charge is -2.26. The van der Waals surface area contributed by atoms with Gasteiger partial charge in [0, 0.05) is 12.2 Å². The highest BCUT2D eigenvalue weighted by molar-refractivity contribution is 7.80. The van der Waals surface area contributed by atoms with Crippen LogP contribution in [0.2, 0.25) is 0 Å². The summed E-state index contributed by atoms with van der Waals surface area (Å²) in [7, 11) is 0. The van der Waals surface area contributed by atoms with Gasteiger partial charge in [-0.15, -0.1) is 0 Å². The number of carboxylic acid groups (broad SMARTS) is 1. The Bertz CT molecular complexity index is 1080. The van der Waals surface area contributed by atoms with E-state index in [1.807, 2.05) is 37.3 Å². The first-order chi connectivity index (χ1) is 18.0. The molecule has 0 spiro atoms. The molecule has 38 heavy (non-hydrogen) atoms. The van der Waals surface area contributed by atoms with Crippen LogP contribution in [0.4, 0.5) is 0 Å². The van der Waals surface area contributed by atoms with Crippen molar-refractivity contribution in [3.63, 3.8) is 0 Å². The normalized spacial score (nSPS) is 14.8. The van der Waals surface area contributed by atoms with Crippen LogP contribution in [0.1, 0.15) is 31.4 Å². The van der Waals surface area contributed by atoms with Crippen LogP contribution >= 0.6 is 12.6 Å². The van der Waals surface area contributed by atoms with Crippen LogP contribution in [0.15, 0.2) is 54.6 Å². The van der Waals surface area contributed by atoms with E-state index in [4.69, 9.17) is 5.73 Å². The molecule has 2 rings (SSSR count). The van der Waals surface area contributed by atoms with Crippen molar-refractivity contribution in [2.45, 2.75) is 57.3 Å². The second kappa shape index (κ2) is 15.0. The Labute approximate surface area is 227 Å². The molecule has 0 aliphatic heterocycles. The lowest BCUT2D eigenvalue weighted by atomic mass is 9.99. The Balaban J connectivity index is 2.17. The van der Waals surface area contributed by atoms with Gasteiger partial charge in [-0.3, -0.25) is 14.4 Å². The fraction of sp³-hybridized carbons (Fsp3) is 0.407. The first kappa shape index (κ1) is 30.7. The maximum Gasteiger partial charge on any atom is 0.326 e. The third-order valence-corrected chi connectivity index (χ3v) is 6.60. The van der Waals surface area contributed by atoms with E-state index in [0.717, 1.165) is 5.56 Å². The molecule has 0 bridgehead atoms. The molecule has 0 heterocycles. The molecule has 5 unspecified atom stereocenters. The number of amides is 3. The number of hydrogen-bond acceptors (Lipinski definition) is 7. The number of carbonyl (C=O) groups excluding carboxylic acids is 3. The molecule has 0 saturated carbocycles. The molecule has 0 saturated heterocycles. The molecule has 0 aromatic heterocycles. The van der Waals surface area contributed by atoms with Gasteiger partial charge in [0.25, 0.3) is 0 Å². The van der Waals surface area contributed by atoms with Crippen molar-refractivity contribution >= 4 is 36.3 Å². The van der Waals surface area contributed by atoms with Gasteiger partial charge in [-0.2, -0.15) is 12.6 Å².